The van der Waals surface area contributed by atoms with Crippen LogP contribution < -0.4 is 10.5 Å². The number of anilines is 1. The third-order valence-electron chi connectivity index (χ3n) is 4.06. The molecule has 0 bridgehead atoms. The van der Waals surface area contributed by atoms with Crippen molar-refractivity contribution in [2.45, 2.75) is 32.6 Å². The van der Waals surface area contributed by atoms with Crippen LogP contribution in [0.15, 0.2) is 10.5 Å². The lowest BCUT2D eigenvalue weighted by atomic mass is 9.85. The third kappa shape index (κ3) is 2.00. The molecule has 0 fully saturated rings. The molecule has 0 saturated carbocycles. The molecular formula is C15H18BrN3O. The first-order valence-corrected chi connectivity index (χ1v) is 7.61. The van der Waals surface area contributed by atoms with E-state index in [0.717, 1.165) is 34.3 Å². The van der Waals surface area contributed by atoms with Crippen molar-refractivity contribution in [2.24, 2.45) is 0 Å². The highest BCUT2D eigenvalue weighted by atomic mass is 79.9. The van der Waals surface area contributed by atoms with E-state index >= 15 is 0 Å². The first-order chi connectivity index (χ1) is 9.63. The number of aromatic nitrogens is 2. The number of nitrogens with two attached hydrogens (primary N) is 1. The highest BCUT2D eigenvalue weighted by Crippen LogP contribution is 2.45. The van der Waals surface area contributed by atoms with Crippen molar-refractivity contribution < 1.29 is 4.74 Å². The summed E-state index contributed by atoms with van der Waals surface area (Å²) in [5.41, 5.74) is 11.8. The molecule has 3 N–H and O–H groups in total. The second-order valence-corrected chi connectivity index (χ2v) is 6.01. The third-order valence-corrected chi connectivity index (χ3v) is 4.90. The Labute approximate surface area is 126 Å². The molecule has 4 nitrogen and oxygen atoms in total. The fourth-order valence-electron chi connectivity index (χ4n) is 3.11. The van der Waals surface area contributed by atoms with Gasteiger partial charge in [-0.2, -0.15) is 5.10 Å². The maximum absolute atomic E-state index is 5.74. The molecule has 1 aliphatic carbocycles. The van der Waals surface area contributed by atoms with E-state index < -0.39 is 0 Å². The quantitative estimate of drug-likeness (QED) is 0.880. The Hall–Kier alpha value is -1.49. The number of benzene rings is 1. The molecule has 0 unspecified atom stereocenters. The van der Waals surface area contributed by atoms with Gasteiger partial charge in [-0.25, -0.2) is 0 Å². The first kappa shape index (κ1) is 13.5. The SMILES string of the molecule is COc1c(Br)c2c(c(C)c1-c1cc(N)n[nH]1)CCCC2. The minimum Gasteiger partial charge on any atom is -0.495 e. The van der Waals surface area contributed by atoms with E-state index in [9.17, 15) is 0 Å². The van der Waals surface area contributed by atoms with E-state index in [-0.39, 0.29) is 0 Å². The van der Waals surface area contributed by atoms with Crippen LogP contribution in [-0.2, 0) is 12.8 Å². The number of hydrogen-bond acceptors (Lipinski definition) is 3. The number of nitrogens with one attached hydrogen (secondary N) is 1. The molecule has 0 amide bonds. The number of aromatic amines is 1. The molecule has 5 heteroatoms. The fraction of sp³-hybridized carbons (Fsp3) is 0.400. The molecule has 0 radical (unpaired) electrons. The number of hydrogen-bond donors (Lipinski definition) is 2. The van der Waals surface area contributed by atoms with Gasteiger partial charge in [0.05, 0.1) is 17.3 Å². The maximum Gasteiger partial charge on any atom is 0.145 e. The van der Waals surface area contributed by atoms with Crippen LogP contribution in [0.4, 0.5) is 5.82 Å². The molecule has 0 aliphatic heterocycles. The number of rotatable bonds is 2. The highest BCUT2D eigenvalue weighted by molar-refractivity contribution is 9.10. The van der Waals surface area contributed by atoms with Crippen LogP contribution in [0.1, 0.15) is 29.5 Å². The van der Waals surface area contributed by atoms with Gasteiger partial charge < -0.3 is 10.5 Å². The van der Waals surface area contributed by atoms with Gasteiger partial charge in [-0.05, 0) is 65.2 Å². The summed E-state index contributed by atoms with van der Waals surface area (Å²) in [6.07, 6.45) is 4.72. The lowest BCUT2D eigenvalue weighted by Gasteiger charge is -2.24. The van der Waals surface area contributed by atoms with Crippen LogP contribution in [0.5, 0.6) is 5.75 Å². The molecule has 2 aromatic rings. The summed E-state index contributed by atoms with van der Waals surface area (Å²) >= 11 is 3.73. The summed E-state index contributed by atoms with van der Waals surface area (Å²) in [7, 11) is 1.71. The Kier molecular flexibility index (Phi) is 3.46. The second-order valence-electron chi connectivity index (χ2n) is 5.22. The van der Waals surface area contributed by atoms with Gasteiger partial charge in [0.15, 0.2) is 0 Å². The highest BCUT2D eigenvalue weighted by Gasteiger charge is 2.24. The summed E-state index contributed by atoms with van der Waals surface area (Å²) in [4.78, 5) is 0. The van der Waals surface area contributed by atoms with Gasteiger partial charge >= 0.3 is 0 Å². The van der Waals surface area contributed by atoms with Crippen molar-refractivity contribution in [3.63, 3.8) is 0 Å². The Balaban J connectivity index is 2.30. The van der Waals surface area contributed by atoms with Crippen molar-refractivity contribution in [2.75, 3.05) is 12.8 Å². The normalized spacial score (nSPS) is 14.2. The number of halogens is 1. The zero-order valence-electron chi connectivity index (χ0n) is 11.7. The van der Waals surface area contributed by atoms with Crippen molar-refractivity contribution >= 4 is 21.7 Å². The smallest absolute Gasteiger partial charge is 0.145 e. The topological polar surface area (TPSA) is 63.9 Å². The lowest BCUT2D eigenvalue weighted by molar-refractivity contribution is 0.412. The summed E-state index contributed by atoms with van der Waals surface area (Å²) < 4.78 is 6.72. The molecule has 1 aromatic carbocycles. The molecular weight excluding hydrogens is 318 g/mol. The number of fused-ring (bicyclic) bond motifs is 1. The van der Waals surface area contributed by atoms with Crippen molar-refractivity contribution in [3.8, 4) is 17.0 Å². The van der Waals surface area contributed by atoms with E-state index in [4.69, 9.17) is 10.5 Å². The van der Waals surface area contributed by atoms with Gasteiger partial charge in [0.1, 0.15) is 11.6 Å². The molecule has 1 aromatic heterocycles. The fourth-order valence-corrected chi connectivity index (χ4v) is 3.91. The number of nitrogen functional groups attached to an aromatic ring is 1. The molecule has 20 heavy (non-hydrogen) atoms. The standard InChI is InChI=1S/C15H18BrN3O/c1-8-9-5-3-4-6-10(9)14(16)15(20-2)13(8)11-7-12(17)19-18-11/h7H,3-6H2,1-2H3,(H3,17,18,19). The molecule has 0 atom stereocenters. The zero-order chi connectivity index (χ0) is 14.3. The van der Waals surface area contributed by atoms with E-state index in [1.807, 2.05) is 6.07 Å². The summed E-state index contributed by atoms with van der Waals surface area (Å²) in [5, 5.41) is 7.03. The van der Waals surface area contributed by atoms with E-state index in [1.165, 1.54) is 29.5 Å². The zero-order valence-corrected chi connectivity index (χ0v) is 13.3. The molecule has 3 rings (SSSR count). The molecule has 1 aliphatic rings. The monoisotopic (exact) mass is 335 g/mol. The minimum absolute atomic E-state index is 0.496. The lowest BCUT2D eigenvalue weighted by Crippen LogP contribution is -2.09. The van der Waals surface area contributed by atoms with Crippen LogP contribution in [0.3, 0.4) is 0 Å². The Morgan fingerprint density at radius 3 is 2.60 bits per heavy atom. The predicted octanol–water partition coefficient (Wildman–Crippen LogP) is 3.62. The average Bonchev–Trinajstić information content (AvgIpc) is 2.88. The van der Waals surface area contributed by atoms with Gasteiger partial charge in [-0.15, -0.1) is 0 Å². The average molecular weight is 336 g/mol. The van der Waals surface area contributed by atoms with E-state index in [1.54, 1.807) is 7.11 Å². The van der Waals surface area contributed by atoms with Crippen molar-refractivity contribution in [3.05, 3.63) is 27.2 Å². The van der Waals surface area contributed by atoms with Gasteiger partial charge in [0, 0.05) is 11.6 Å². The Bertz CT molecular complexity index is 664. The molecule has 1 heterocycles. The van der Waals surface area contributed by atoms with E-state index in [2.05, 4.69) is 33.1 Å². The number of methoxy groups -OCH3 is 1. The van der Waals surface area contributed by atoms with Crippen LogP contribution in [0.2, 0.25) is 0 Å². The van der Waals surface area contributed by atoms with Gasteiger partial charge in [-0.3, -0.25) is 5.10 Å². The number of ether oxygens (including phenoxy) is 1. The molecule has 106 valence electrons. The van der Waals surface area contributed by atoms with Crippen molar-refractivity contribution in [1.29, 1.82) is 0 Å². The van der Waals surface area contributed by atoms with E-state index in [0.29, 0.717) is 5.82 Å². The molecule has 0 saturated heterocycles. The number of nitrogens with zero attached hydrogens (tertiary/aromatic N) is 1. The van der Waals surface area contributed by atoms with Crippen LogP contribution >= 0.6 is 15.9 Å². The largest absolute Gasteiger partial charge is 0.495 e. The van der Waals surface area contributed by atoms with Crippen molar-refractivity contribution in [1.82, 2.24) is 10.2 Å². The first-order valence-electron chi connectivity index (χ1n) is 6.82. The summed E-state index contributed by atoms with van der Waals surface area (Å²) in [6, 6.07) is 1.85. The second kappa shape index (κ2) is 5.13. The van der Waals surface area contributed by atoms with Gasteiger partial charge in [-0.1, -0.05) is 0 Å². The van der Waals surface area contributed by atoms with Gasteiger partial charge in [0.25, 0.3) is 0 Å². The van der Waals surface area contributed by atoms with Crippen LogP contribution in [0.25, 0.3) is 11.3 Å². The van der Waals surface area contributed by atoms with Crippen LogP contribution in [-0.4, -0.2) is 17.3 Å². The summed E-state index contributed by atoms with van der Waals surface area (Å²) in [5.74, 6) is 1.36. The maximum atomic E-state index is 5.74. The molecule has 0 spiro atoms. The Morgan fingerprint density at radius 2 is 2.00 bits per heavy atom. The Morgan fingerprint density at radius 1 is 1.30 bits per heavy atom. The van der Waals surface area contributed by atoms with Gasteiger partial charge in [0.2, 0.25) is 0 Å². The van der Waals surface area contributed by atoms with Crippen LogP contribution in [0, 0.1) is 6.92 Å². The number of H-pyrrole nitrogens is 1. The minimum atomic E-state index is 0.496. The predicted molar refractivity (Wildman–Crippen MR) is 84.1 cm³/mol. The summed E-state index contributed by atoms with van der Waals surface area (Å²) in [6.45, 7) is 2.16.